The third-order valence-corrected chi connectivity index (χ3v) is 5.52. The lowest BCUT2D eigenvalue weighted by Crippen LogP contribution is -2.50. The van der Waals surface area contributed by atoms with E-state index in [2.05, 4.69) is 10.00 Å². The van der Waals surface area contributed by atoms with Crippen molar-refractivity contribution in [2.24, 2.45) is 0 Å². The number of rotatable bonds is 4. The number of nitrogens with zero attached hydrogens (tertiary/aromatic N) is 4. The highest BCUT2D eigenvalue weighted by molar-refractivity contribution is 5.94. The van der Waals surface area contributed by atoms with Gasteiger partial charge in [-0.05, 0) is 50.2 Å². The van der Waals surface area contributed by atoms with Gasteiger partial charge in [-0.1, -0.05) is 18.2 Å². The summed E-state index contributed by atoms with van der Waals surface area (Å²) >= 11 is 0. The van der Waals surface area contributed by atoms with Gasteiger partial charge in [0.25, 0.3) is 5.91 Å². The lowest BCUT2D eigenvalue weighted by molar-refractivity contribution is 0.0737. The van der Waals surface area contributed by atoms with Crippen molar-refractivity contribution in [2.45, 2.75) is 13.8 Å². The van der Waals surface area contributed by atoms with E-state index >= 15 is 0 Å². The summed E-state index contributed by atoms with van der Waals surface area (Å²) in [7, 11) is 0. The number of ketones is 1. The van der Waals surface area contributed by atoms with Crippen LogP contribution < -0.4 is 10.3 Å². The minimum absolute atomic E-state index is 0.0359. The molecule has 158 valence electrons. The van der Waals surface area contributed by atoms with Crippen molar-refractivity contribution in [1.82, 2.24) is 14.7 Å². The molecular formula is C24H24N4O3. The molecule has 0 radical (unpaired) electrons. The van der Waals surface area contributed by atoms with Crippen LogP contribution in [-0.2, 0) is 0 Å². The smallest absolute Gasteiger partial charge is 0.278 e. The summed E-state index contributed by atoms with van der Waals surface area (Å²) in [5.74, 6) is -0.310. The van der Waals surface area contributed by atoms with Crippen molar-refractivity contribution in [3.05, 3.63) is 87.8 Å². The summed E-state index contributed by atoms with van der Waals surface area (Å²) in [5, 5.41) is 4.39. The second kappa shape index (κ2) is 8.55. The number of aryl methyl sites for hydroxylation is 1. The lowest BCUT2D eigenvalue weighted by Gasteiger charge is -2.36. The molecule has 0 atom stereocenters. The standard InChI is InChI=1S/C24H24N4O3/c1-17-16-22(30)23(25-28(17)21-6-4-3-5-7-21)24(31)27-14-12-26(13-15-27)20-10-8-19(9-11-20)18(2)29/h3-11,16H,12-15H2,1-2H3. The van der Waals surface area contributed by atoms with E-state index in [1.54, 1.807) is 23.4 Å². The SMILES string of the molecule is CC(=O)c1ccc(N2CCN(C(=O)c3nn(-c4ccccc4)c(C)cc3=O)CC2)cc1. The monoisotopic (exact) mass is 416 g/mol. The maximum absolute atomic E-state index is 13.1. The van der Waals surface area contributed by atoms with Crippen LogP contribution in [-0.4, -0.2) is 52.5 Å². The Morgan fingerprint density at radius 1 is 0.871 bits per heavy atom. The van der Waals surface area contributed by atoms with Crippen LogP contribution >= 0.6 is 0 Å². The van der Waals surface area contributed by atoms with E-state index in [9.17, 15) is 14.4 Å². The number of para-hydroxylation sites is 1. The van der Waals surface area contributed by atoms with Crippen molar-refractivity contribution in [1.29, 1.82) is 0 Å². The molecule has 0 N–H and O–H groups in total. The fourth-order valence-corrected chi connectivity index (χ4v) is 3.75. The molecular weight excluding hydrogens is 392 g/mol. The fourth-order valence-electron chi connectivity index (χ4n) is 3.75. The Kier molecular flexibility index (Phi) is 5.66. The van der Waals surface area contributed by atoms with Gasteiger partial charge in [0.1, 0.15) is 0 Å². The predicted molar refractivity (Wildman–Crippen MR) is 119 cm³/mol. The van der Waals surface area contributed by atoms with Crippen LogP contribution in [0.25, 0.3) is 5.69 Å². The van der Waals surface area contributed by atoms with Gasteiger partial charge in [0.05, 0.1) is 5.69 Å². The van der Waals surface area contributed by atoms with Gasteiger partial charge in [0.15, 0.2) is 11.5 Å². The number of hydrogen-bond acceptors (Lipinski definition) is 5. The van der Waals surface area contributed by atoms with Gasteiger partial charge in [-0.2, -0.15) is 5.10 Å². The Hall–Kier alpha value is -3.74. The summed E-state index contributed by atoms with van der Waals surface area (Å²) in [5.41, 5.74) is 2.74. The van der Waals surface area contributed by atoms with E-state index in [1.165, 1.54) is 6.07 Å². The normalized spacial score (nSPS) is 13.9. The first-order valence-corrected chi connectivity index (χ1v) is 10.3. The molecule has 2 aromatic carbocycles. The zero-order valence-electron chi connectivity index (χ0n) is 17.6. The molecule has 0 unspecified atom stereocenters. The van der Waals surface area contributed by atoms with E-state index in [4.69, 9.17) is 0 Å². The van der Waals surface area contributed by atoms with Crippen molar-refractivity contribution in [3.8, 4) is 5.69 Å². The molecule has 0 aliphatic carbocycles. The summed E-state index contributed by atoms with van der Waals surface area (Å²) in [6.07, 6.45) is 0. The van der Waals surface area contributed by atoms with E-state index in [-0.39, 0.29) is 22.8 Å². The van der Waals surface area contributed by atoms with Crippen molar-refractivity contribution in [3.63, 3.8) is 0 Å². The van der Waals surface area contributed by atoms with E-state index in [0.29, 0.717) is 37.4 Å². The van der Waals surface area contributed by atoms with Gasteiger partial charge in [-0.15, -0.1) is 0 Å². The minimum Gasteiger partial charge on any atom is -0.368 e. The molecule has 3 aromatic rings. The van der Waals surface area contributed by atoms with Gasteiger partial charge < -0.3 is 9.80 Å². The van der Waals surface area contributed by atoms with Gasteiger partial charge in [-0.3, -0.25) is 14.4 Å². The summed E-state index contributed by atoms with van der Waals surface area (Å²) < 4.78 is 1.63. The Balaban J connectivity index is 1.50. The van der Waals surface area contributed by atoms with Crippen molar-refractivity contribution >= 4 is 17.4 Å². The van der Waals surface area contributed by atoms with Crippen LogP contribution in [0.4, 0.5) is 5.69 Å². The second-order valence-electron chi connectivity index (χ2n) is 7.63. The highest BCUT2D eigenvalue weighted by Gasteiger charge is 2.26. The number of hydrogen-bond donors (Lipinski definition) is 0. The number of anilines is 1. The number of amides is 1. The molecule has 0 bridgehead atoms. The van der Waals surface area contributed by atoms with Crippen molar-refractivity contribution < 1.29 is 9.59 Å². The molecule has 1 aromatic heterocycles. The highest BCUT2D eigenvalue weighted by atomic mass is 16.2. The Bertz CT molecular complexity index is 1160. The maximum Gasteiger partial charge on any atom is 0.278 e. The largest absolute Gasteiger partial charge is 0.368 e. The van der Waals surface area contributed by atoms with Crippen LogP contribution in [0.1, 0.15) is 33.5 Å². The number of aromatic nitrogens is 2. The molecule has 0 spiro atoms. The molecule has 4 rings (SSSR count). The van der Waals surface area contributed by atoms with Crippen LogP contribution in [0.3, 0.4) is 0 Å². The van der Waals surface area contributed by atoms with E-state index < -0.39 is 0 Å². The average Bonchev–Trinajstić information content (AvgIpc) is 2.79. The first-order chi connectivity index (χ1) is 14.9. The van der Waals surface area contributed by atoms with Gasteiger partial charge in [0.2, 0.25) is 5.43 Å². The minimum atomic E-state index is -0.364. The number of carbonyl (C=O) groups excluding carboxylic acids is 2. The van der Waals surface area contributed by atoms with E-state index in [1.807, 2.05) is 54.6 Å². The number of carbonyl (C=O) groups is 2. The third kappa shape index (κ3) is 4.26. The summed E-state index contributed by atoms with van der Waals surface area (Å²) in [4.78, 5) is 40.9. The summed E-state index contributed by atoms with van der Waals surface area (Å²) in [6.45, 7) is 5.62. The van der Waals surface area contributed by atoms with Crippen LogP contribution in [0.2, 0.25) is 0 Å². The number of piperazine rings is 1. The average molecular weight is 416 g/mol. The second-order valence-corrected chi connectivity index (χ2v) is 7.63. The van der Waals surface area contributed by atoms with E-state index in [0.717, 1.165) is 11.4 Å². The molecule has 1 saturated heterocycles. The zero-order valence-corrected chi connectivity index (χ0v) is 17.6. The number of Topliss-reactive ketones (excluding diaryl/α,β-unsaturated/α-hetero) is 1. The zero-order chi connectivity index (χ0) is 22.0. The maximum atomic E-state index is 13.1. The van der Waals surface area contributed by atoms with Gasteiger partial charge in [0, 0.05) is 49.2 Å². The topological polar surface area (TPSA) is 75.5 Å². The number of benzene rings is 2. The molecule has 1 aliphatic rings. The first kappa shape index (κ1) is 20.5. The molecule has 1 aliphatic heterocycles. The summed E-state index contributed by atoms with van der Waals surface area (Å²) in [6, 6.07) is 18.4. The molecule has 0 saturated carbocycles. The molecule has 7 heteroatoms. The van der Waals surface area contributed by atoms with Crippen LogP contribution in [0.15, 0.2) is 65.5 Å². The Labute approximate surface area is 180 Å². The quantitative estimate of drug-likeness (QED) is 0.612. The Morgan fingerprint density at radius 3 is 2.13 bits per heavy atom. The molecule has 7 nitrogen and oxygen atoms in total. The van der Waals surface area contributed by atoms with Crippen LogP contribution in [0.5, 0.6) is 0 Å². The Morgan fingerprint density at radius 2 is 1.52 bits per heavy atom. The molecule has 31 heavy (non-hydrogen) atoms. The highest BCUT2D eigenvalue weighted by Crippen LogP contribution is 2.18. The first-order valence-electron chi connectivity index (χ1n) is 10.3. The lowest BCUT2D eigenvalue weighted by atomic mass is 10.1. The predicted octanol–water partition coefficient (Wildman–Crippen LogP) is 2.71. The van der Waals surface area contributed by atoms with Gasteiger partial charge >= 0.3 is 0 Å². The van der Waals surface area contributed by atoms with Crippen LogP contribution in [0, 0.1) is 6.92 Å². The fraction of sp³-hybridized carbons (Fsp3) is 0.250. The molecule has 2 heterocycles. The third-order valence-electron chi connectivity index (χ3n) is 5.52. The molecule has 1 fully saturated rings. The van der Waals surface area contributed by atoms with Crippen molar-refractivity contribution in [2.75, 3.05) is 31.1 Å². The van der Waals surface area contributed by atoms with Gasteiger partial charge in [-0.25, -0.2) is 4.68 Å². The molecule has 1 amide bonds.